The Balaban J connectivity index is 1.81. The highest BCUT2D eigenvalue weighted by Crippen LogP contribution is 2.51. The zero-order valence-corrected chi connectivity index (χ0v) is 14.1. The van der Waals surface area contributed by atoms with Gasteiger partial charge in [-0.2, -0.15) is 0 Å². The van der Waals surface area contributed by atoms with Crippen molar-refractivity contribution in [2.45, 2.75) is 72.1 Å². The molecular weight excluding hydrogens is 266 g/mol. The summed E-state index contributed by atoms with van der Waals surface area (Å²) < 4.78 is 11.5. The maximum Gasteiger partial charge on any atom is 0.249 e. The summed E-state index contributed by atoms with van der Waals surface area (Å²) in [7, 11) is 0. The molecule has 1 saturated carbocycles. The van der Waals surface area contributed by atoms with Crippen molar-refractivity contribution in [1.29, 1.82) is 0 Å². The molecule has 0 aromatic rings. The zero-order chi connectivity index (χ0) is 15.6. The third-order valence-electron chi connectivity index (χ3n) is 5.06. The molecule has 1 saturated heterocycles. The fourth-order valence-electron chi connectivity index (χ4n) is 3.64. The zero-order valence-electron chi connectivity index (χ0n) is 14.1. The van der Waals surface area contributed by atoms with Crippen molar-refractivity contribution in [2.75, 3.05) is 13.2 Å². The van der Waals surface area contributed by atoms with E-state index in [1.54, 1.807) is 0 Å². The lowest BCUT2D eigenvalue weighted by Gasteiger charge is -2.60. The summed E-state index contributed by atoms with van der Waals surface area (Å²) in [5.41, 5.74) is 0.0262. The van der Waals surface area contributed by atoms with E-state index >= 15 is 0 Å². The van der Waals surface area contributed by atoms with Crippen LogP contribution in [-0.2, 0) is 14.3 Å². The Hall–Kier alpha value is -0.610. The number of amides is 1. The van der Waals surface area contributed by atoms with Crippen LogP contribution in [0, 0.1) is 17.3 Å². The van der Waals surface area contributed by atoms with Gasteiger partial charge in [0.25, 0.3) is 0 Å². The third kappa shape index (κ3) is 3.59. The molecule has 2 rings (SSSR count). The number of nitrogens with one attached hydrogen (secondary N) is 1. The lowest BCUT2D eigenvalue weighted by atomic mass is 9.55. The second-order valence-electron chi connectivity index (χ2n) is 7.60. The van der Waals surface area contributed by atoms with Gasteiger partial charge in [0, 0.05) is 30.6 Å². The number of carbonyl (C=O) groups is 1. The number of rotatable bonds is 6. The van der Waals surface area contributed by atoms with E-state index in [0.29, 0.717) is 24.5 Å². The highest BCUT2D eigenvalue weighted by atomic mass is 16.5. The molecule has 2 aliphatic rings. The Bertz CT molecular complexity index is 367. The minimum atomic E-state index is -0.372. The van der Waals surface area contributed by atoms with Gasteiger partial charge in [0.15, 0.2) is 0 Å². The van der Waals surface area contributed by atoms with E-state index in [1.807, 2.05) is 6.92 Å². The summed E-state index contributed by atoms with van der Waals surface area (Å²) in [4.78, 5) is 12.3. The normalized spacial score (nSPS) is 32.2. The van der Waals surface area contributed by atoms with Crippen molar-refractivity contribution in [3.05, 3.63) is 0 Å². The van der Waals surface area contributed by atoms with Crippen LogP contribution in [0.5, 0.6) is 0 Å². The third-order valence-corrected chi connectivity index (χ3v) is 5.06. The molecule has 4 nitrogen and oxygen atoms in total. The standard InChI is InChI=1S/C17H31NO3/c1-11(2)8-10-20-12(3)16(19)18-14-13-7-6-9-21-15(13)17(14,4)5/h11-15H,6-10H2,1-5H3,(H,18,19). The smallest absolute Gasteiger partial charge is 0.249 e. The van der Waals surface area contributed by atoms with E-state index in [0.717, 1.165) is 25.9 Å². The fraction of sp³-hybridized carbons (Fsp3) is 0.941. The fourth-order valence-corrected chi connectivity index (χ4v) is 3.64. The first-order valence-electron chi connectivity index (χ1n) is 8.37. The SMILES string of the molecule is CC(C)CCOC(C)C(=O)NC1C2CCCOC2C1(C)C. The van der Waals surface area contributed by atoms with Gasteiger partial charge in [-0.15, -0.1) is 0 Å². The molecule has 0 radical (unpaired) electrons. The second kappa shape index (κ2) is 6.66. The molecule has 122 valence electrons. The first kappa shape index (κ1) is 16.8. The molecule has 0 spiro atoms. The molecular formula is C17H31NO3. The van der Waals surface area contributed by atoms with E-state index in [9.17, 15) is 4.79 Å². The highest BCUT2D eigenvalue weighted by molar-refractivity contribution is 5.81. The quantitative estimate of drug-likeness (QED) is 0.820. The molecule has 4 atom stereocenters. The van der Waals surface area contributed by atoms with Gasteiger partial charge >= 0.3 is 0 Å². The summed E-state index contributed by atoms with van der Waals surface area (Å²) in [6.07, 6.45) is 3.17. The molecule has 21 heavy (non-hydrogen) atoms. The molecule has 0 aromatic heterocycles. The van der Waals surface area contributed by atoms with Gasteiger partial charge in [0.2, 0.25) is 5.91 Å². The molecule has 1 aliphatic heterocycles. The van der Waals surface area contributed by atoms with Crippen molar-refractivity contribution in [2.24, 2.45) is 17.3 Å². The van der Waals surface area contributed by atoms with Crippen LogP contribution >= 0.6 is 0 Å². The summed E-state index contributed by atoms with van der Waals surface area (Å²) in [6, 6.07) is 0.214. The van der Waals surface area contributed by atoms with Gasteiger partial charge in [0.1, 0.15) is 6.10 Å². The molecule has 0 bridgehead atoms. The summed E-state index contributed by atoms with van der Waals surface area (Å²) >= 11 is 0. The first-order valence-corrected chi connectivity index (χ1v) is 8.37. The molecule has 0 aromatic carbocycles. The molecule has 4 unspecified atom stereocenters. The van der Waals surface area contributed by atoms with Gasteiger partial charge in [-0.1, -0.05) is 27.7 Å². The maximum atomic E-state index is 12.3. The second-order valence-corrected chi connectivity index (χ2v) is 7.60. The van der Waals surface area contributed by atoms with Gasteiger partial charge in [-0.3, -0.25) is 4.79 Å². The lowest BCUT2D eigenvalue weighted by molar-refractivity contribution is -0.195. The van der Waals surface area contributed by atoms with Crippen LogP contribution in [0.3, 0.4) is 0 Å². The molecule has 2 fully saturated rings. The van der Waals surface area contributed by atoms with Gasteiger partial charge in [0.05, 0.1) is 6.10 Å². The first-order chi connectivity index (χ1) is 9.84. The van der Waals surface area contributed by atoms with E-state index in [-0.39, 0.29) is 23.5 Å². The van der Waals surface area contributed by atoms with Crippen LogP contribution in [0.2, 0.25) is 0 Å². The predicted molar refractivity (Wildman–Crippen MR) is 83.0 cm³/mol. The van der Waals surface area contributed by atoms with Gasteiger partial charge < -0.3 is 14.8 Å². The van der Waals surface area contributed by atoms with E-state index in [4.69, 9.17) is 9.47 Å². The van der Waals surface area contributed by atoms with Crippen LogP contribution in [0.4, 0.5) is 0 Å². The van der Waals surface area contributed by atoms with Crippen molar-refractivity contribution >= 4 is 5.91 Å². The van der Waals surface area contributed by atoms with Crippen molar-refractivity contribution < 1.29 is 14.3 Å². The molecule has 1 N–H and O–H groups in total. The average Bonchev–Trinajstić information content (AvgIpc) is 2.44. The minimum Gasteiger partial charge on any atom is -0.377 e. The number of fused-ring (bicyclic) bond motifs is 1. The van der Waals surface area contributed by atoms with E-state index in [1.165, 1.54) is 0 Å². The summed E-state index contributed by atoms with van der Waals surface area (Å²) in [5, 5.41) is 3.20. The molecule has 1 aliphatic carbocycles. The van der Waals surface area contributed by atoms with Crippen LogP contribution < -0.4 is 5.32 Å². The Morgan fingerprint density at radius 2 is 2.10 bits per heavy atom. The van der Waals surface area contributed by atoms with Crippen LogP contribution in [0.1, 0.15) is 53.9 Å². The molecule has 4 heteroatoms. The van der Waals surface area contributed by atoms with E-state index in [2.05, 4.69) is 33.0 Å². The Morgan fingerprint density at radius 1 is 1.38 bits per heavy atom. The van der Waals surface area contributed by atoms with Crippen molar-refractivity contribution in [3.8, 4) is 0 Å². The largest absolute Gasteiger partial charge is 0.377 e. The number of carbonyl (C=O) groups excluding carboxylic acids is 1. The van der Waals surface area contributed by atoms with E-state index < -0.39 is 0 Å². The van der Waals surface area contributed by atoms with Crippen LogP contribution in [0.25, 0.3) is 0 Å². The summed E-state index contributed by atoms with van der Waals surface area (Å²) in [6.45, 7) is 12.1. The molecule has 1 amide bonds. The van der Waals surface area contributed by atoms with Crippen molar-refractivity contribution in [1.82, 2.24) is 5.32 Å². The minimum absolute atomic E-state index is 0.0147. The van der Waals surface area contributed by atoms with Gasteiger partial charge in [-0.25, -0.2) is 0 Å². The predicted octanol–water partition coefficient (Wildman–Crippen LogP) is 2.76. The Morgan fingerprint density at radius 3 is 2.76 bits per heavy atom. The topological polar surface area (TPSA) is 47.6 Å². The molecule has 1 heterocycles. The average molecular weight is 297 g/mol. The van der Waals surface area contributed by atoms with Crippen LogP contribution in [0.15, 0.2) is 0 Å². The number of ether oxygens (including phenoxy) is 2. The Kier molecular flexibility index (Phi) is 5.31. The summed E-state index contributed by atoms with van der Waals surface area (Å²) in [5.74, 6) is 1.09. The van der Waals surface area contributed by atoms with Crippen molar-refractivity contribution in [3.63, 3.8) is 0 Å². The highest BCUT2D eigenvalue weighted by Gasteiger charge is 2.58. The van der Waals surface area contributed by atoms with Crippen LogP contribution in [-0.4, -0.2) is 37.4 Å². The lowest BCUT2D eigenvalue weighted by Crippen LogP contribution is -2.70. The number of hydrogen-bond donors (Lipinski definition) is 1. The maximum absolute atomic E-state index is 12.3. The Labute approximate surface area is 129 Å². The number of hydrogen-bond acceptors (Lipinski definition) is 3. The van der Waals surface area contributed by atoms with Gasteiger partial charge in [-0.05, 0) is 32.1 Å². The monoisotopic (exact) mass is 297 g/mol.